The molecule has 0 radical (unpaired) electrons. The van der Waals surface area contributed by atoms with Crippen molar-refractivity contribution in [2.75, 3.05) is 19.7 Å². The number of rotatable bonds is 11. The number of carbonyl (C=O) groups is 1. The fraction of sp³-hybridized carbons (Fsp3) is 0.636. The Morgan fingerprint density at radius 3 is 2.71 bits per heavy atom. The number of aliphatic carboxylic acids is 1. The lowest BCUT2D eigenvalue weighted by molar-refractivity contribution is -0.143. The van der Waals surface area contributed by atoms with Crippen molar-refractivity contribution in [2.24, 2.45) is 28.8 Å². The van der Waals surface area contributed by atoms with Gasteiger partial charge in [0, 0.05) is 18.1 Å². The first-order chi connectivity index (χ1) is 14.9. The molecule has 172 valence electrons. The van der Waals surface area contributed by atoms with Crippen molar-refractivity contribution in [3.8, 4) is 0 Å². The van der Waals surface area contributed by atoms with E-state index in [1.54, 1.807) is 6.07 Å². The van der Waals surface area contributed by atoms with Crippen molar-refractivity contribution in [1.82, 2.24) is 21.8 Å². The van der Waals surface area contributed by atoms with Crippen molar-refractivity contribution in [3.63, 3.8) is 0 Å². The highest BCUT2D eigenvalue weighted by Crippen LogP contribution is 2.27. The number of piperidine rings is 1. The SMILES string of the molecule is CC(C)CC(C(=O)O)C(Cc1ccc(COCC2CCNCC2)c(F)c1)C1=NNNN1. The molecule has 1 saturated heterocycles. The summed E-state index contributed by atoms with van der Waals surface area (Å²) in [4.78, 5) is 12.0. The van der Waals surface area contributed by atoms with Gasteiger partial charge in [-0.15, -0.1) is 10.6 Å². The molecule has 3 rings (SSSR count). The third kappa shape index (κ3) is 6.88. The highest BCUT2D eigenvalue weighted by Gasteiger charge is 2.34. The maximum Gasteiger partial charge on any atom is 0.307 e. The van der Waals surface area contributed by atoms with E-state index < -0.39 is 17.8 Å². The minimum absolute atomic E-state index is 0.211. The molecule has 5 N–H and O–H groups in total. The van der Waals surface area contributed by atoms with Crippen molar-refractivity contribution >= 4 is 11.8 Å². The summed E-state index contributed by atoms with van der Waals surface area (Å²) in [7, 11) is 0. The van der Waals surface area contributed by atoms with Gasteiger partial charge in [-0.3, -0.25) is 10.2 Å². The highest BCUT2D eigenvalue weighted by molar-refractivity contribution is 5.89. The van der Waals surface area contributed by atoms with Crippen LogP contribution in [-0.2, 0) is 22.6 Å². The Labute approximate surface area is 182 Å². The fourth-order valence-electron chi connectivity index (χ4n) is 4.23. The van der Waals surface area contributed by atoms with Gasteiger partial charge in [-0.05, 0) is 62.2 Å². The average molecular weight is 436 g/mol. The molecule has 2 aliphatic heterocycles. The molecule has 1 aromatic carbocycles. The lowest BCUT2D eigenvalue weighted by Crippen LogP contribution is -2.42. The molecule has 0 amide bonds. The van der Waals surface area contributed by atoms with Crippen LogP contribution >= 0.6 is 0 Å². The number of ether oxygens (including phenoxy) is 1. The molecule has 2 aliphatic rings. The topological polar surface area (TPSA) is 107 Å². The Morgan fingerprint density at radius 2 is 2.10 bits per heavy atom. The first-order valence-electron chi connectivity index (χ1n) is 11.1. The van der Waals surface area contributed by atoms with Crippen LogP contribution in [0.4, 0.5) is 4.39 Å². The summed E-state index contributed by atoms with van der Waals surface area (Å²) >= 11 is 0. The number of carboxylic acids is 1. The van der Waals surface area contributed by atoms with Crippen molar-refractivity contribution in [2.45, 2.75) is 46.1 Å². The van der Waals surface area contributed by atoms with Crippen LogP contribution < -0.4 is 21.8 Å². The normalized spacial score (nSPS) is 18.9. The number of halogens is 1. The van der Waals surface area contributed by atoms with Crippen LogP contribution in [0.3, 0.4) is 0 Å². The van der Waals surface area contributed by atoms with Crippen LogP contribution in [0, 0.1) is 29.5 Å². The van der Waals surface area contributed by atoms with Gasteiger partial charge in [0.05, 0.1) is 12.5 Å². The molecule has 2 heterocycles. The summed E-state index contributed by atoms with van der Waals surface area (Å²) in [6.07, 6.45) is 3.05. The van der Waals surface area contributed by atoms with Crippen LogP contribution in [0.25, 0.3) is 0 Å². The second kappa shape index (κ2) is 11.4. The van der Waals surface area contributed by atoms with E-state index in [4.69, 9.17) is 4.74 Å². The highest BCUT2D eigenvalue weighted by atomic mass is 19.1. The number of nitrogens with zero attached hydrogens (tertiary/aromatic N) is 1. The molecule has 0 aliphatic carbocycles. The minimum atomic E-state index is -0.876. The summed E-state index contributed by atoms with van der Waals surface area (Å²) in [5, 5.41) is 17.3. The molecule has 0 bridgehead atoms. The molecule has 9 heteroatoms. The van der Waals surface area contributed by atoms with E-state index >= 15 is 0 Å². The lowest BCUT2D eigenvalue weighted by atomic mass is 9.81. The number of benzene rings is 1. The predicted octanol–water partition coefficient (Wildman–Crippen LogP) is 2.17. The Balaban J connectivity index is 1.65. The average Bonchev–Trinajstić information content (AvgIpc) is 3.27. The molecule has 1 fully saturated rings. The first kappa shape index (κ1) is 23.4. The minimum Gasteiger partial charge on any atom is -0.481 e. The number of hydrogen-bond donors (Lipinski definition) is 5. The largest absolute Gasteiger partial charge is 0.481 e. The van der Waals surface area contributed by atoms with E-state index in [2.05, 4.69) is 26.9 Å². The van der Waals surface area contributed by atoms with Crippen LogP contribution in [0.2, 0.25) is 0 Å². The number of nitrogens with one attached hydrogen (secondary N) is 4. The molecule has 2 atom stereocenters. The van der Waals surface area contributed by atoms with Gasteiger partial charge >= 0.3 is 5.97 Å². The van der Waals surface area contributed by atoms with E-state index in [-0.39, 0.29) is 18.3 Å². The van der Waals surface area contributed by atoms with E-state index in [9.17, 15) is 14.3 Å². The van der Waals surface area contributed by atoms with Crippen LogP contribution in [0.15, 0.2) is 23.3 Å². The zero-order valence-electron chi connectivity index (χ0n) is 18.3. The van der Waals surface area contributed by atoms with Crippen LogP contribution in [-0.4, -0.2) is 36.6 Å². The standard InChI is InChI=1S/C22H34FN5O3/c1-14(2)9-19(22(29)30)18(21-25-27-28-26-21)10-16-3-4-17(20(23)11-16)13-31-12-15-5-7-24-8-6-15/h3-4,11,14-15,18-19,24,27-28H,5-10,12-13H2,1-2H3,(H,25,26)(H,29,30). The third-order valence-corrected chi connectivity index (χ3v) is 5.95. The number of hydrazine groups is 2. The molecular formula is C22H34FN5O3. The van der Waals surface area contributed by atoms with Crippen molar-refractivity contribution < 1.29 is 19.0 Å². The zero-order chi connectivity index (χ0) is 22.2. The summed E-state index contributed by atoms with van der Waals surface area (Å²) in [5.41, 5.74) is 9.39. The van der Waals surface area contributed by atoms with Crippen molar-refractivity contribution in [3.05, 3.63) is 35.1 Å². The molecule has 1 aromatic rings. The Hall–Kier alpha value is -2.23. The Morgan fingerprint density at radius 1 is 1.32 bits per heavy atom. The first-order valence-corrected chi connectivity index (χ1v) is 11.1. The van der Waals surface area contributed by atoms with E-state index in [0.717, 1.165) is 31.5 Å². The van der Waals surface area contributed by atoms with Crippen LogP contribution in [0.1, 0.15) is 44.2 Å². The maximum atomic E-state index is 14.7. The molecule has 2 unspecified atom stereocenters. The molecule has 31 heavy (non-hydrogen) atoms. The quantitative estimate of drug-likeness (QED) is 0.363. The maximum absolute atomic E-state index is 14.7. The third-order valence-electron chi connectivity index (χ3n) is 5.95. The molecular weight excluding hydrogens is 401 g/mol. The second-order valence-corrected chi connectivity index (χ2v) is 8.88. The second-order valence-electron chi connectivity index (χ2n) is 8.88. The number of amidine groups is 1. The van der Waals surface area contributed by atoms with E-state index in [1.165, 1.54) is 6.07 Å². The van der Waals surface area contributed by atoms with Gasteiger partial charge < -0.3 is 15.2 Å². The number of carboxylic acid groups (broad SMARTS) is 1. The summed E-state index contributed by atoms with van der Waals surface area (Å²) in [5.74, 6) is -0.994. The van der Waals surface area contributed by atoms with E-state index in [1.807, 2.05) is 19.9 Å². The zero-order valence-corrected chi connectivity index (χ0v) is 18.3. The lowest BCUT2D eigenvalue weighted by Gasteiger charge is -2.25. The van der Waals surface area contributed by atoms with Gasteiger partial charge in [-0.25, -0.2) is 9.93 Å². The molecule has 0 spiro atoms. The summed E-state index contributed by atoms with van der Waals surface area (Å²) in [6, 6.07) is 5.08. The predicted molar refractivity (Wildman–Crippen MR) is 116 cm³/mol. The van der Waals surface area contributed by atoms with E-state index in [0.29, 0.717) is 36.8 Å². The monoisotopic (exact) mass is 435 g/mol. The van der Waals surface area contributed by atoms with Gasteiger partial charge in [0.2, 0.25) is 0 Å². The molecule has 8 nitrogen and oxygen atoms in total. The van der Waals surface area contributed by atoms with Crippen molar-refractivity contribution in [1.29, 1.82) is 0 Å². The molecule has 0 aromatic heterocycles. The van der Waals surface area contributed by atoms with Gasteiger partial charge in [-0.2, -0.15) is 0 Å². The number of hydrazone groups is 1. The van der Waals surface area contributed by atoms with Gasteiger partial charge in [0.25, 0.3) is 0 Å². The van der Waals surface area contributed by atoms with Gasteiger partial charge in [-0.1, -0.05) is 26.0 Å². The summed E-state index contributed by atoms with van der Waals surface area (Å²) < 4.78 is 20.5. The molecule has 0 saturated carbocycles. The Bertz CT molecular complexity index is 768. The smallest absolute Gasteiger partial charge is 0.307 e. The summed E-state index contributed by atoms with van der Waals surface area (Å²) in [6.45, 7) is 6.89. The van der Waals surface area contributed by atoms with Gasteiger partial charge in [0.1, 0.15) is 11.7 Å². The van der Waals surface area contributed by atoms with Gasteiger partial charge in [0.15, 0.2) is 0 Å². The fourth-order valence-corrected chi connectivity index (χ4v) is 4.23. The van der Waals surface area contributed by atoms with Crippen LogP contribution in [0.5, 0.6) is 0 Å². The number of hydrogen-bond acceptors (Lipinski definition) is 7. The Kier molecular flexibility index (Phi) is 8.62.